The minimum atomic E-state index is -1.97. The monoisotopic (exact) mass is 344 g/mol. The Labute approximate surface area is 144 Å². The summed E-state index contributed by atoms with van der Waals surface area (Å²) in [6.07, 6.45) is 0.981. The van der Waals surface area contributed by atoms with E-state index in [0.29, 0.717) is 17.4 Å². The fourth-order valence-corrected chi connectivity index (χ4v) is 3.32. The highest BCUT2D eigenvalue weighted by molar-refractivity contribution is 7.79. The van der Waals surface area contributed by atoms with E-state index in [0.717, 1.165) is 25.1 Å². The molecule has 0 saturated carbocycles. The van der Waals surface area contributed by atoms with Gasteiger partial charge in [-0.15, -0.1) is 0 Å². The molecule has 2 aromatic rings. The van der Waals surface area contributed by atoms with Crippen LogP contribution in [0.25, 0.3) is 0 Å². The van der Waals surface area contributed by atoms with Gasteiger partial charge < -0.3 is 14.8 Å². The second-order valence-electron chi connectivity index (χ2n) is 5.89. The summed E-state index contributed by atoms with van der Waals surface area (Å²) >= 11 is -1.97. The average molecular weight is 344 g/mol. The molecule has 1 aliphatic rings. The van der Waals surface area contributed by atoms with Gasteiger partial charge in [0.1, 0.15) is 0 Å². The number of hydrogen-bond acceptors (Lipinski definition) is 2. The lowest BCUT2D eigenvalue weighted by Crippen LogP contribution is -2.37. The van der Waals surface area contributed by atoms with E-state index in [1.165, 1.54) is 5.56 Å². The van der Waals surface area contributed by atoms with Crippen LogP contribution in [0.2, 0.25) is 0 Å². The van der Waals surface area contributed by atoms with Crippen LogP contribution >= 0.6 is 0 Å². The first-order valence-electron chi connectivity index (χ1n) is 7.91. The maximum atomic E-state index is 12.3. The fraction of sp³-hybridized carbons (Fsp3) is 0.278. The highest BCUT2D eigenvalue weighted by Crippen LogP contribution is 2.26. The van der Waals surface area contributed by atoms with Gasteiger partial charge in [-0.25, -0.2) is 9.00 Å². The summed E-state index contributed by atoms with van der Waals surface area (Å²) in [5, 5.41) is 2.91. The van der Waals surface area contributed by atoms with Crippen molar-refractivity contribution >= 4 is 17.1 Å². The molecule has 3 rings (SSSR count). The van der Waals surface area contributed by atoms with Crippen LogP contribution < -0.4 is 5.32 Å². The molecule has 0 aliphatic carbocycles. The van der Waals surface area contributed by atoms with Crippen LogP contribution in [0.3, 0.4) is 0 Å². The first-order chi connectivity index (χ1) is 11.6. The lowest BCUT2D eigenvalue weighted by molar-refractivity contribution is 0.208. The molecule has 0 aromatic heterocycles. The second-order valence-corrected chi connectivity index (χ2v) is 6.86. The quantitative estimate of drug-likeness (QED) is 0.838. The summed E-state index contributed by atoms with van der Waals surface area (Å²) in [6.45, 7) is 1.90. The van der Waals surface area contributed by atoms with Gasteiger partial charge in [0.2, 0.25) is 0 Å². The molecule has 2 N–H and O–H groups in total. The summed E-state index contributed by atoms with van der Waals surface area (Å²) < 4.78 is 19.9. The molecule has 2 amide bonds. The molecule has 1 aliphatic heterocycles. The van der Waals surface area contributed by atoms with Gasteiger partial charge in [0, 0.05) is 25.6 Å². The van der Waals surface area contributed by atoms with Crippen LogP contribution in [0.4, 0.5) is 4.79 Å². The zero-order chi connectivity index (χ0) is 16.9. The molecule has 2 atom stereocenters. The normalized spacial score (nSPS) is 18.4. The topological polar surface area (TPSA) is 69.6 Å². The molecule has 0 bridgehead atoms. The summed E-state index contributed by atoms with van der Waals surface area (Å²) in [7, 11) is 0. The molecule has 6 heteroatoms. The number of hydrogen-bond donors (Lipinski definition) is 2. The van der Waals surface area contributed by atoms with Crippen molar-refractivity contribution in [1.29, 1.82) is 0 Å². The zero-order valence-corrected chi connectivity index (χ0v) is 14.0. The molecule has 1 fully saturated rings. The van der Waals surface area contributed by atoms with Crippen molar-refractivity contribution < 1.29 is 13.6 Å². The molecule has 5 nitrogen and oxygen atoms in total. The number of nitrogens with zero attached hydrogens (tertiary/aromatic N) is 1. The Kier molecular flexibility index (Phi) is 5.27. The third-order valence-corrected chi connectivity index (χ3v) is 4.99. The number of likely N-dealkylation sites (tertiary alicyclic amines) is 1. The van der Waals surface area contributed by atoms with Gasteiger partial charge in [0.05, 0.1) is 4.90 Å². The third kappa shape index (κ3) is 4.01. The average Bonchev–Trinajstić information content (AvgIpc) is 3.11. The van der Waals surface area contributed by atoms with E-state index in [-0.39, 0.29) is 6.03 Å². The van der Waals surface area contributed by atoms with Crippen molar-refractivity contribution in [3.8, 4) is 0 Å². The van der Waals surface area contributed by atoms with E-state index < -0.39 is 11.1 Å². The number of carbonyl (C=O) groups excluding carboxylic acids is 1. The third-order valence-electron chi connectivity index (χ3n) is 4.32. The Bertz CT molecular complexity index is 719. The van der Waals surface area contributed by atoms with Crippen molar-refractivity contribution in [3.63, 3.8) is 0 Å². The number of benzene rings is 2. The molecular formula is C18H20N2O3S. The lowest BCUT2D eigenvalue weighted by atomic mass is 9.99. The van der Waals surface area contributed by atoms with E-state index in [4.69, 9.17) is 4.55 Å². The summed E-state index contributed by atoms with van der Waals surface area (Å²) in [4.78, 5) is 14.5. The van der Waals surface area contributed by atoms with Crippen LogP contribution in [0.5, 0.6) is 0 Å². The maximum absolute atomic E-state index is 12.3. The SMILES string of the molecule is O=C(NCc1ccc(S(=O)O)cc1)N1CC[C@@H](c2ccccc2)C1. The van der Waals surface area contributed by atoms with E-state index in [1.807, 2.05) is 23.1 Å². The summed E-state index contributed by atoms with van der Waals surface area (Å²) in [6, 6.07) is 16.9. The molecule has 24 heavy (non-hydrogen) atoms. The van der Waals surface area contributed by atoms with E-state index in [1.54, 1.807) is 24.3 Å². The van der Waals surface area contributed by atoms with Gasteiger partial charge in [-0.1, -0.05) is 42.5 Å². The summed E-state index contributed by atoms with van der Waals surface area (Å²) in [5.41, 5.74) is 2.18. The maximum Gasteiger partial charge on any atom is 0.317 e. The Morgan fingerprint density at radius 1 is 1.17 bits per heavy atom. The number of carbonyl (C=O) groups is 1. The van der Waals surface area contributed by atoms with E-state index >= 15 is 0 Å². The molecule has 1 saturated heterocycles. The van der Waals surface area contributed by atoms with Crippen molar-refractivity contribution in [1.82, 2.24) is 10.2 Å². The standard InChI is InChI=1S/C18H20N2O3S/c21-18(19-12-14-6-8-17(9-7-14)24(22)23)20-11-10-16(13-20)15-4-2-1-3-5-15/h1-9,16H,10-13H2,(H,19,21)(H,22,23)/t16-/m1/s1. The Morgan fingerprint density at radius 3 is 2.54 bits per heavy atom. The van der Waals surface area contributed by atoms with Gasteiger partial charge in [-0.2, -0.15) is 0 Å². The lowest BCUT2D eigenvalue weighted by Gasteiger charge is -2.17. The molecular weight excluding hydrogens is 324 g/mol. The van der Waals surface area contributed by atoms with Gasteiger partial charge in [-0.3, -0.25) is 0 Å². The van der Waals surface area contributed by atoms with Crippen LogP contribution in [0.1, 0.15) is 23.5 Å². The minimum Gasteiger partial charge on any atom is -0.334 e. The second kappa shape index (κ2) is 7.59. The largest absolute Gasteiger partial charge is 0.334 e. The van der Waals surface area contributed by atoms with E-state index in [9.17, 15) is 9.00 Å². The predicted octanol–water partition coefficient (Wildman–Crippen LogP) is 2.97. The number of amides is 2. The smallest absolute Gasteiger partial charge is 0.317 e. The van der Waals surface area contributed by atoms with Gasteiger partial charge >= 0.3 is 6.03 Å². The Morgan fingerprint density at radius 2 is 1.88 bits per heavy atom. The highest BCUT2D eigenvalue weighted by atomic mass is 32.2. The molecule has 0 spiro atoms. The number of urea groups is 1. The van der Waals surface area contributed by atoms with Gasteiger partial charge in [0.25, 0.3) is 0 Å². The van der Waals surface area contributed by atoms with Crippen molar-refractivity contribution in [2.75, 3.05) is 13.1 Å². The van der Waals surface area contributed by atoms with Crippen LogP contribution in [0, 0.1) is 0 Å². The summed E-state index contributed by atoms with van der Waals surface area (Å²) in [5.74, 6) is 0.399. The number of nitrogens with one attached hydrogen (secondary N) is 1. The predicted molar refractivity (Wildman–Crippen MR) is 93.1 cm³/mol. The fourth-order valence-electron chi connectivity index (χ4n) is 2.96. The van der Waals surface area contributed by atoms with Crippen molar-refractivity contribution in [2.45, 2.75) is 23.8 Å². The zero-order valence-electron chi connectivity index (χ0n) is 13.2. The first-order valence-corrected chi connectivity index (χ1v) is 9.01. The van der Waals surface area contributed by atoms with Crippen molar-refractivity contribution in [3.05, 3.63) is 65.7 Å². The van der Waals surface area contributed by atoms with Crippen LogP contribution in [-0.4, -0.2) is 32.8 Å². The van der Waals surface area contributed by atoms with Crippen molar-refractivity contribution in [2.24, 2.45) is 0 Å². The molecule has 1 unspecified atom stereocenters. The molecule has 126 valence electrons. The highest BCUT2D eigenvalue weighted by Gasteiger charge is 2.26. The van der Waals surface area contributed by atoms with Gasteiger partial charge in [0.15, 0.2) is 11.1 Å². The van der Waals surface area contributed by atoms with E-state index in [2.05, 4.69) is 17.4 Å². The first kappa shape index (κ1) is 16.7. The van der Waals surface area contributed by atoms with Crippen LogP contribution in [-0.2, 0) is 17.6 Å². The molecule has 0 radical (unpaired) electrons. The molecule has 1 heterocycles. The number of rotatable bonds is 4. The van der Waals surface area contributed by atoms with Crippen LogP contribution in [0.15, 0.2) is 59.5 Å². The van der Waals surface area contributed by atoms with Gasteiger partial charge in [-0.05, 0) is 29.7 Å². The Balaban J connectivity index is 1.51. The minimum absolute atomic E-state index is 0.0664. The Hall–Kier alpha value is -2.18. The molecule has 2 aromatic carbocycles.